The molecule has 0 aliphatic heterocycles. The summed E-state index contributed by atoms with van der Waals surface area (Å²) in [6.07, 6.45) is 6.74. The number of nitrogens with one attached hydrogen (secondary N) is 1. The first-order chi connectivity index (χ1) is 10.0. The van der Waals surface area contributed by atoms with Crippen molar-refractivity contribution in [3.63, 3.8) is 0 Å². The van der Waals surface area contributed by atoms with E-state index in [0.29, 0.717) is 5.95 Å². The van der Waals surface area contributed by atoms with Crippen LogP contribution in [0.3, 0.4) is 0 Å². The Morgan fingerprint density at radius 2 is 2.24 bits per heavy atom. The minimum absolute atomic E-state index is 0.121. The normalized spacial score (nSPS) is 11.0. The number of aryl methyl sites for hydroxylation is 1. The van der Waals surface area contributed by atoms with Gasteiger partial charge in [0, 0.05) is 25.5 Å². The highest BCUT2D eigenvalue weighted by Gasteiger charge is 2.02. The third-order valence-corrected chi connectivity index (χ3v) is 2.71. The van der Waals surface area contributed by atoms with E-state index in [0.717, 1.165) is 11.3 Å². The molecule has 0 saturated carbocycles. The summed E-state index contributed by atoms with van der Waals surface area (Å²) in [7, 11) is 1.82. The second-order valence-electron chi connectivity index (χ2n) is 4.92. The topological polar surface area (TPSA) is 56.1 Å². The maximum absolute atomic E-state index is 11.8. The summed E-state index contributed by atoms with van der Waals surface area (Å²) in [5.74, 6) is 1.08. The van der Waals surface area contributed by atoms with Crippen LogP contribution in [0.5, 0.6) is 5.75 Å². The molecule has 0 radical (unpaired) electrons. The number of hydrogen-bond donors (Lipinski definition) is 1. The van der Waals surface area contributed by atoms with Gasteiger partial charge in [0.1, 0.15) is 5.75 Å². The standard InChI is InChI=1S/C16H19N3O2/c1-12(2)21-14-6-4-5-13(11-14)7-8-15(20)18-16-17-9-10-19(16)3/h4-12H,1-3H3,(H,17,18,20)/b8-7+. The molecule has 0 spiro atoms. The summed E-state index contributed by atoms with van der Waals surface area (Å²) in [6, 6.07) is 7.60. The van der Waals surface area contributed by atoms with E-state index in [2.05, 4.69) is 10.3 Å². The number of imidazole rings is 1. The first-order valence-corrected chi connectivity index (χ1v) is 6.77. The van der Waals surface area contributed by atoms with Gasteiger partial charge in [-0.3, -0.25) is 10.1 Å². The van der Waals surface area contributed by atoms with E-state index in [1.807, 2.05) is 45.2 Å². The lowest BCUT2D eigenvalue weighted by Crippen LogP contribution is -2.11. The highest BCUT2D eigenvalue weighted by atomic mass is 16.5. The van der Waals surface area contributed by atoms with Crippen molar-refractivity contribution < 1.29 is 9.53 Å². The Labute approximate surface area is 124 Å². The van der Waals surface area contributed by atoms with Crippen molar-refractivity contribution in [2.75, 3.05) is 5.32 Å². The molecule has 1 heterocycles. The van der Waals surface area contributed by atoms with Crippen molar-refractivity contribution in [1.29, 1.82) is 0 Å². The fourth-order valence-electron chi connectivity index (χ4n) is 1.77. The van der Waals surface area contributed by atoms with Crippen LogP contribution in [-0.4, -0.2) is 21.6 Å². The van der Waals surface area contributed by atoms with Gasteiger partial charge >= 0.3 is 0 Å². The molecule has 2 aromatic rings. The number of nitrogens with zero attached hydrogens (tertiary/aromatic N) is 2. The van der Waals surface area contributed by atoms with Gasteiger partial charge in [-0.25, -0.2) is 4.98 Å². The third-order valence-electron chi connectivity index (χ3n) is 2.71. The molecule has 0 aliphatic carbocycles. The van der Waals surface area contributed by atoms with Crippen LogP contribution in [0.4, 0.5) is 5.95 Å². The molecule has 0 saturated heterocycles. The monoisotopic (exact) mass is 285 g/mol. The lowest BCUT2D eigenvalue weighted by Gasteiger charge is -2.09. The number of benzene rings is 1. The van der Waals surface area contributed by atoms with Gasteiger partial charge in [-0.1, -0.05) is 12.1 Å². The zero-order valence-electron chi connectivity index (χ0n) is 12.4. The van der Waals surface area contributed by atoms with Gasteiger partial charge in [0.2, 0.25) is 5.95 Å². The number of aromatic nitrogens is 2. The molecule has 2 rings (SSSR count). The average Bonchev–Trinajstić information content (AvgIpc) is 2.82. The Morgan fingerprint density at radius 1 is 1.43 bits per heavy atom. The van der Waals surface area contributed by atoms with Gasteiger partial charge in [-0.15, -0.1) is 0 Å². The number of hydrogen-bond acceptors (Lipinski definition) is 3. The molecule has 1 aromatic carbocycles. The number of carbonyl (C=O) groups excluding carboxylic acids is 1. The Morgan fingerprint density at radius 3 is 2.90 bits per heavy atom. The van der Waals surface area contributed by atoms with Crippen LogP contribution in [0.15, 0.2) is 42.7 Å². The molecule has 0 aliphatic rings. The van der Waals surface area contributed by atoms with E-state index in [1.165, 1.54) is 6.08 Å². The molecule has 21 heavy (non-hydrogen) atoms. The lowest BCUT2D eigenvalue weighted by atomic mass is 10.2. The molecular formula is C16H19N3O2. The maximum Gasteiger partial charge on any atom is 0.250 e. The SMILES string of the molecule is CC(C)Oc1cccc(/C=C/C(=O)Nc2nccn2C)c1. The summed E-state index contributed by atoms with van der Waals surface area (Å²) in [4.78, 5) is 15.9. The largest absolute Gasteiger partial charge is 0.491 e. The summed E-state index contributed by atoms with van der Waals surface area (Å²) < 4.78 is 7.35. The Kier molecular flexibility index (Phi) is 4.77. The van der Waals surface area contributed by atoms with Crippen LogP contribution < -0.4 is 10.1 Å². The molecule has 110 valence electrons. The smallest absolute Gasteiger partial charge is 0.250 e. The van der Waals surface area contributed by atoms with Crippen molar-refractivity contribution in [2.24, 2.45) is 7.05 Å². The molecule has 1 N–H and O–H groups in total. The molecule has 5 nitrogen and oxygen atoms in total. The van der Waals surface area contributed by atoms with E-state index in [-0.39, 0.29) is 12.0 Å². The van der Waals surface area contributed by atoms with E-state index in [4.69, 9.17) is 4.74 Å². The van der Waals surface area contributed by atoms with Gasteiger partial charge in [-0.2, -0.15) is 0 Å². The minimum atomic E-state index is -0.223. The summed E-state index contributed by atoms with van der Waals surface area (Å²) in [6.45, 7) is 3.95. The molecule has 5 heteroatoms. The molecule has 0 bridgehead atoms. The average molecular weight is 285 g/mol. The van der Waals surface area contributed by atoms with Crippen LogP contribution in [0, 0.1) is 0 Å². The van der Waals surface area contributed by atoms with Gasteiger partial charge in [0.15, 0.2) is 0 Å². The summed E-state index contributed by atoms with van der Waals surface area (Å²) >= 11 is 0. The highest BCUT2D eigenvalue weighted by Crippen LogP contribution is 2.16. The molecule has 1 amide bonds. The number of carbonyl (C=O) groups is 1. The highest BCUT2D eigenvalue weighted by molar-refractivity contribution is 6.00. The molecular weight excluding hydrogens is 266 g/mol. The van der Waals surface area contributed by atoms with Crippen LogP contribution in [0.1, 0.15) is 19.4 Å². The van der Waals surface area contributed by atoms with Crippen LogP contribution in [-0.2, 0) is 11.8 Å². The molecule has 0 fully saturated rings. The van der Waals surface area contributed by atoms with Gasteiger partial charge in [-0.05, 0) is 37.6 Å². The fraction of sp³-hybridized carbons (Fsp3) is 0.250. The Balaban J connectivity index is 2.00. The predicted octanol–water partition coefficient (Wildman–Crippen LogP) is 2.86. The molecule has 1 aromatic heterocycles. The van der Waals surface area contributed by atoms with Gasteiger partial charge in [0.05, 0.1) is 6.10 Å². The second kappa shape index (κ2) is 6.74. The van der Waals surface area contributed by atoms with Crippen molar-refractivity contribution in [3.8, 4) is 5.75 Å². The summed E-state index contributed by atoms with van der Waals surface area (Å²) in [5, 5.41) is 2.70. The van der Waals surface area contributed by atoms with Crippen molar-refractivity contribution in [1.82, 2.24) is 9.55 Å². The second-order valence-corrected chi connectivity index (χ2v) is 4.92. The Bertz CT molecular complexity index is 644. The van der Waals surface area contributed by atoms with Crippen molar-refractivity contribution >= 4 is 17.9 Å². The van der Waals surface area contributed by atoms with Gasteiger partial charge in [0.25, 0.3) is 5.91 Å². The van der Waals surface area contributed by atoms with Crippen LogP contribution in [0.25, 0.3) is 6.08 Å². The first kappa shape index (κ1) is 14.8. The zero-order valence-corrected chi connectivity index (χ0v) is 12.4. The number of anilines is 1. The quantitative estimate of drug-likeness (QED) is 0.859. The summed E-state index contributed by atoms with van der Waals surface area (Å²) in [5.41, 5.74) is 0.906. The zero-order chi connectivity index (χ0) is 15.2. The predicted molar refractivity (Wildman–Crippen MR) is 83.1 cm³/mol. The van der Waals surface area contributed by atoms with E-state index in [9.17, 15) is 4.79 Å². The number of rotatable bonds is 5. The number of amides is 1. The van der Waals surface area contributed by atoms with Gasteiger partial charge < -0.3 is 9.30 Å². The van der Waals surface area contributed by atoms with E-state index < -0.39 is 0 Å². The maximum atomic E-state index is 11.8. The minimum Gasteiger partial charge on any atom is -0.491 e. The molecule has 0 atom stereocenters. The van der Waals surface area contributed by atoms with Crippen LogP contribution in [0.2, 0.25) is 0 Å². The first-order valence-electron chi connectivity index (χ1n) is 6.77. The Hall–Kier alpha value is -2.56. The fourth-order valence-corrected chi connectivity index (χ4v) is 1.77. The number of ether oxygens (including phenoxy) is 1. The van der Waals surface area contributed by atoms with Crippen molar-refractivity contribution in [2.45, 2.75) is 20.0 Å². The molecule has 0 unspecified atom stereocenters. The third kappa shape index (κ3) is 4.49. The van der Waals surface area contributed by atoms with E-state index >= 15 is 0 Å². The van der Waals surface area contributed by atoms with Crippen LogP contribution >= 0.6 is 0 Å². The lowest BCUT2D eigenvalue weighted by molar-refractivity contribution is -0.111. The van der Waals surface area contributed by atoms with Crippen molar-refractivity contribution in [3.05, 3.63) is 48.3 Å². The van der Waals surface area contributed by atoms with E-state index in [1.54, 1.807) is 23.0 Å².